The summed E-state index contributed by atoms with van der Waals surface area (Å²) in [6.07, 6.45) is 0.316. The monoisotopic (exact) mass is 367 g/mol. The van der Waals surface area contributed by atoms with E-state index in [0.29, 0.717) is 30.2 Å². The Morgan fingerprint density at radius 3 is 2.85 bits per heavy atom. The van der Waals surface area contributed by atoms with Crippen molar-refractivity contribution in [3.8, 4) is 0 Å². The van der Waals surface area contributed by atoms with Crippen LogP contribution in [0.15, 0.2) is 42.5 Å². The first kappa shape index (κ1) is 16.5. The zero-order chi connectivity index (χ0) is 18.1. The topological polar surface area (TPSA) is 71.5 Å². The number of methoxy groups -OCH3 is 1. The molecule has 7 heteroatoms. The maximum absolute atomic E-state index is 12.7. The van der Waals surface area contributed by atoms with Gasteiger partial charge in [-0.3, -0.25) is 10.1 Å². The molecule has 2 aromatic carbocycles. The second kappa shape index (κ2) is 6.76. The van der Waals surface area contributed by atoms with Crippen molar-refractivity contribution in [2.45, 2.75) is 13.0 Å². The fraction of sp³-hybridized carbons (Fsp3) is 0.211. The molecular formula is C19H17N3O3S. The van der Waals surface area contributed by atoms with Crippen LogP contribution >= 0.6 is 11.3 Å². The predicted octanol–water partition coefficient (Wildman–Crippen LogP) is 3.67. The molecule has 1 aromatic heterocycles. The van der Waals surface area contributed by atoms with Crippen LogP contribution in [0.5, 0.6) is 0 Å². The number of rotatable bonds is 2. The number of fused-ring (bicyclic) bond motifs is 2. The van der Waals surface area contributed by atoms with E-state index in [1.165, 1.54) is 18.4 Å². The molecule has 0 saturated carbocycles. The van der Waals surface area contributed by atoms with Gasteiger partial charge in [0.1, 0.15) is 0 Å². The van der Waals surface area contributed by atoms with E-state index >= 15 is 0 Å². The standard InChI is InChI=1S/C19H17N3O3S/c1-25-19(24)22-10-9-15-16(11-22)26-18(20-15)21-17(23)14-8-4-6-12-5-2-3-7-13(12)14/h2-8H,9-11H2,1H3,(H,20,21,23). The quantitative estimate of drug-likeness (QED) is 0.750. The van der Waals surface area contributed by atoms with E-state index in [1.807, 2.05) is 42.5 Å². The number of thiazole rings is 1. The van der Waals surface area contributed by atoms with E-state index in [9.17, 15) is 9.59 Å². The van der Waals surface area contributed by atoms with Crippen LogP contribution in [0.1, 0.15) is 20.9 Å². The van der Waals surface area contributed by atoms with Gasteiger partial charge in [0.15, 0.2) is 5.13 Å². The van der Waals surface area contributed by atoms with Crippen molar-refractivity contribution in [2.75, 3.05) is 19.0 Å². The number of anilines is 1. The van der Waals surface area contributed by atoms with Gasteiger partial charge in [0, 0.05) is 23.4 Å². The predicted molar refractivity (Wildman–Crippen MR) is 101 cm³/mol. The SMILES string of the molecule is COC(=O)N1CCc2nc(NC(=O)c3cccc4ccccc34)sc2C1. The van der Waals surface area contributed by atoms with Crippen molar-refractivity contribution < 1.29 is 14.3 Å². The highest BCUT2D eigenvalue weighted by molar-refractivity contribution is 7.15. The van der Waals surface area contributed by atoms with E-state index in [2.05, 4.69) is 10.3 Å². The largest absolute Gasteiger partial charge is 0.453 e. The summed E-state index contributed by atoms with van der Waals surface area (Å²) in [5, 5.41) is 5.38. The first-order chi connectivity index (χ1) is 12.7. The molecule has 1 N–H and O–H groups in total. The number of carbonyl (C=O) groups excluding carboxylic acids is 2. The summed E-state index contributed by atoms with van der Waals surface area (Å²) in [5.41, 5.74) is 1.55. The van der Waals surface area contributed by atoms with Gasteiger partial charge in [-0.15, -0.1) is 0 Å². The number of hydrogen-bond acceptors (Lipinski definition) is 5. The summed E-state index contributed by atoms with van der Waals surface area (Å²) in [7, 11) is 1.38. The molecule has 132 valence electrons. The van der Waals surface area contributed by atoms with Crippen LogP contribution in [-0.2, 0) is 17.7 Å². The number of benzene rings is 2. The van der Waals surface area contributed by atoms with Crippen LogP contribution in [0.2, 0.25) is 0 Å². The van der Waals surface area contributed by atoms with E-state index < -0.39 is 0 Å². The highest BCUT2D eigenvalue weighted by atomic mass is 32.1. The van der Waals surface area contributed by atoms with Gasteiger partial charge in [-0.05, 0) is 16.8 Å². The summed E-state index contributed by atoms with van der Waals surface area (Å²) in [6, 6.07) is 13.5. The van der Waals surface area contributed by atoms with Gasteiger partial charge >= 0.3 is 6.09 Å². The number of ether oxygens (including phenoxy) is 1. The molecule has 0 spiro atoms. The molecule has 6 nitrogen and oxygen atoms in total. The van der Waals surface area contributed by atoms with Crippen molar-refractivity contribution in [2.24, 2.45) is 0 Å². The lowest BCUT2D eigenvalue weighted by atomic mass is 10.0. The van der Waals surface area contributed by atoms with Gasteiger partial charge < -0.3 is 9.64 Å². The summed E-state index contributed by atoms with van der Waals surface area (Å²) in [6.45, 7) is 1.03. The molecule has 0 bridgehead atoms. The van der Waals surface area contributed by atoms with Crippen LogP contribution in [0, 0.1) is 0 Å². The van der Waals surface area contributed by atoms with Gasteiger partial charge in [0.2, 0.25) is 0 Å². The smallest absolute Gasteiger partial charge is 0.409 e. The van der Waals surface area contributed by atoms with Crippen molar-refractivity contribution in [3.63, 3.8) is 0 Å². The second-order valence-corrected chi connectivity index (χ2v) is 7.09. The molecule has 4 rings (SSSR count). The lowest BCUT2D eigenvalue weighted by Gasteiger charge is -2.24. The van der Waals surface area contributed by atoms with Crippen LogP contribution in [-0.4, -0.2) is 35.5 Å². The molecule has 1 aliphatic rings. The Labute approximate surface area is 154 Å². The molecule has 0 atom stereocenters. The molecule has 0 saturated heterocycles. The van der Waals surface area contributed by atoms with Crippen LogP contribution in [0.4, 0.5) is 9.93 Å². The third-order valence-electron chi connectivity index (χ3n) is 4.42. The first-order valence-corrected chi connectivity index (χ1v) is 9.08. The highest BCUT2D eigenvalue weighted by Crippen LogP contribution is 2.29. The van der Waals surface area contributed by atoms with Gasteiger partial charge in [-0.2, -0.15) is 0 Å². The molecule has 2 amide bonds. The molecule has 2 heterocycles. The lowest BCUT2D eigenvalue weighted by molar-refractivity contribution is 0.102. The molecule has 1 aliphatic heterocycles. The lowest BCUT2D eigenvalue weighted by Crippen LogP contribution is -2.35. The van der Waals surface area contributed by atoms with E-state index in [0.717, 1.165) is 21.3 Å². The van der Waals surface area contributed by atoms with Gasteiger partial charge in [-0.25, -0.2) is 9.78 Å². The van der Waals surface area contributed by atoms with Crippen molar-refractivity contribution in [1.29, 1.82) is 0 Å². The minimum Gasteiger partial charge on any atom is -0.453 e. The molecule has 0 aliphatic carbocycles. The maximum atomic E-state index is 12.7. The molecule has 0 fully saturated rings. The fourth-order valence-electron chi connectivity index (χ4n) is 3.12. The zero-order valence-electron chi connectivity index (χ0n) is 14.2. The number of amides is 2. The number of hydrogen-bond donors (Lipinski definition) is 1. The Balaban J connectivity index is 1.56. The Morgan fingerprint density at radius 2 is 2.00 bits per heavy atom. The Hall–Kier alpha value is -2.93. The van der Waals surface area contributed by atoms with Crippen molar-refractivity contribution in [1.82, 2.24) is 9.88 Å². The summed E-state index contributed by atoms with van der Waals surface area (Å²) in [4.78, 5) is 31.6. The summed E-state index contributed by atoms with van der Waals surface area (Å²) < 4.78 is 4.78. The minimum atomic E-state index is -0.342. The number of aromatic nitrogens is 1. The van der Waals surface area contributed by atoms with Gasteiger partial charge in [0.05, 0.1) is 19.3 Å². The third kappa shape index (κ3) is 3.01. The Morgan fingerprint density at radius 1 is 1.19 bits per heavy atom. The van der Waals surface area contributed by atoms with E-state index in [-0.39, 0.29) is 12.0 Å². The highest BCUT2D eigenvalue weighted by Gasteiger charge is 2.25. The molecule has 3 aromatic rings. The minimum absolute atomic E-state index is 0.183. The van der Waals surface area contributed by atoms with Crippen molar-refractivity contribution >= 4 is 39.2 Å². The molecule has 26 heavy (non-hydrogen) atoms. The number of nitrogens with one attached hydrogen (secondary N) is 1. The first-order valence-electron chi connectivity index (χ1n) is 8.26. The number of nitrogens with zero attached hydrogens (tertiary/aromatic N) is 2. The van der Waals surface area contributed by atoms with Crippen molar-refractivity contribution in [3.05, 3.63) is 58.6 Å². The van der Waals surface area contributed by atoms with Crippen LogP contribution in [0.25, 0.3) is 10.8 Å². The van der Waals surface area contributed by atoms with E-state index in [1.54, 1.807) is 4.90 Å². The number of carbonyl (C=O) groups is 2. The maximum Gasteiger partial charge on any atom is 0.409 e. The van der Waals surface area contributed by atoms with Gasteiger partial charge in [-0.1, -0.05) is 47.7 Å². The normalized spacial score (nSPS) is 13.3. The molecular weight excluding hydrogens is 350 g/mol. The average molecular weight is 367 g/mol. The average Bonchev–Trinajstić information content (AvgIpc) is 3.08. The molecule has 0 radical (unpaired) electrons. The van der Waals surface area contributed by atoms with Crippen LogP contribution < -0.4 is 5.32 Å². The van der Waals surface area contributed by atoms with Gasteiger partial charge in [0.25, 0.3) is 5.91 Å². The summed E-state index contributed by atoms with van der Waals surface area (Å²) in [5.74, 6) is -0.183. The molecule has 0 unspecified atom stereocenters. The van der Waals surface area contributed by atoms with Crippen LogP contribution in [0.3, 0.4) is 0 Å². The fourth-order valence-corrected chi connectivity index (χ4v) is 4.14. The second-order valence-electron chi connectivity index (χ2n) is 6.01. The third-order valence-corrected chi connectivity index (χ3v) is 5.42. The zero-order valence-corrected chi connectivity index (χ0v) is 15.0. The summed E-state index contributed by atoms with van der Waals surface area (Å²) >= 11 is 1.40. The van der Waals surface area contributed by atoms with E-state index in [4.69, 9.17) is 4.74 Å². The Kier molecular flexibility index (Phi) is 4.30. The Bertz CT molecular complexity index is 993.